The van der Waals surface area contributed by atoms with Crippen LogP contribution in [0.2, 0.25) is 0 Å². The fraction of sp³-hybridized carbons (Fsp3) is 0.159. The summed E-state index contributed by atoms with van der Waals surface area (Å²) < 4.78 is 0. The quantitative estimate of drug-likeness (QED) is 0.0678. The van der Waals surface area contributed by atoms with Crippen molar-refractivity contribution in [1.82, 2.24) is 4.90 Å². The standard InChI is InChI=1S/C44H42N2O4.Co/c47-38-27-15-13-25-36(38)31-45-29-30-46(44(50)41(34-21-9-3-10-22-34)35-23-11-4-12-24-35)42(37-26-14-16-28-39(37)48)43(49)40(32-17-5-1-6-18-32)33-19-7-2-8-20-33;/h1-28,31,40-44,47-50H,29-30H2;. The summed E-state index contributed by atoms with van der Waals surface area (Å²) in [6.45, 7) is 0.452. The Kier molecular flexibility index (Phi) is 13.3. The number of aromatic hydroxyl groups is 2. The van der Waals surface area contributed by atoms with E-state index >= 15 is 0 Å². The topological polar surface area (TPSA) is 96.5 Å². The molecule has 0 aromatic heterocycles. The minimum Gasteiger partial charge on any atom is -0.508 e. The summed E-state index contributed by atoms with van der Waals surface area (Å²) >= 11 is 0. The van der Waals surface area contributed by atoms with E-state index in [9.17, 15) is 20.4 Å². The van der Waals surface area contributed by atoms with Crippen molar-refractivity contribution < 1.29 is 37.2 Å². The monoisotopic (exact) mass is 721 g/mol. The molecule has 7 heteroatoms. The molecule has 0 spiro atoms. The number of rotatable bonds is 14. The van der Waals surface area contributed by atoms with Crippen LogP contribution in [0, 0.1) is 0 Å². The second kappa shape index (κ2) is 18.3. The molecule has 3 unspecified atom stereocenters. The maximum absolute atomic E-state index is 12.8. The Morgan fingerprint density at radius 2 is 0.922 bits per heavy atom. The van der Waals surface area contributed by atoms with Crippen LogP contribution in [0.15, 0.2) is 175 Å². The van der Waals surface area contributed by atoms with Gasteiger partial charge in [-0.05, 0) is 40.5 Å². The average Bonchev–Trinajstić information content (AvgIpc) is 3.16. The second-order valence-corrected chi connectivity index (χ2v) is 12.3. The molecule has 6 rings (SSSR count). The van der Waals surface area contributed by atoms with E-state index in [1.807, 2.05) is 138 Å². The number of nitrogens with zero attached hydrogens (tertiary/aromatic N) is 2. The molecule has 261 valence electrons. The van der Waals surface area contributed by atoms with Crippen molar-refractivity contribution >= 4 is 6.21 Å². The van der Waals surface area contributed by atoms with Gasteiger partial charge in [-0.3, -0.25) is 9.89 Å². The van der Waals surface area contributed by atoms with Crippen molar-refractivity contribution in [2.45, 2.75) is 30.2 Å². The zero-order valence-electron chi connectivity index (χ0n) is 28.1. The molecule has 0 amide bonds. The van der Waals surface area contributed by atoms with Crippen LogP contribution in [0.4, 0.5) is 0 Å². The molecule has 51 heavy (non-hydrogen) atoms. The van der Waals surface area contributed by atoms with Gasteiger partial charge in [0, 0.05) is 52.5 Å². The fourth-order valence-corrected chi connectivity index (χ4v) is 6.80. The Morgan fingerprint density at radius 1 is 0.510 bits per heavy atom. The third-order valence-electron chi connectivity index (χ3n) is 9.20. The zero-order chi connectivity index (χ0) is 34.7. The van der Waals surface area contributed by atoms with Gasteiger partial charge in [-0.1, -0.05) is 152 Å². The third-order valence-corrected chi connectivity index (χ3v) is 9.20. The Labute approximate surface area is 310 Å². The summed E-state index contributed by atoms with van der Waals surface area (Å²) in [6.07, 6.45) is -0.669. The molecule has 0 saturated heterocycles. The van der Waals surface area contributed by atoms with E-state index in [-0.39, 0.29) is 41.4 Å². The number of aliphatic imine (C=N–C) groups is 1. The van der Waals surface area contributed by atoms with Gasteiger partial charge >= 0.3 is 0 Å². The molecular weight excluding hydrogens is 679 g/mol. The summed E-state index contributed by atoms with van der Waals surface area (Å²) in [5.74, 6) is -0.875. The number of hydrogen-bond acceptors (Lipinski definition) is 6. The number of phenols is 2. The first kappa shape index (κ1) is 37.2. The van der Waals surface area contributed by atoms with Gasteiger partial charge in [-0.15, -0.1) is 0 Å². The number of aliphatic hydroxyl groups excluding tert-OH is 2. The summed E-state index contributed by atoms with van der Waals surface area (Å²) in [7, 11) is 0. The molecule has 0 fully saturated rings. The Hall–Kier alpha value is -5.02. The smallest absolute Gasteiger partial charge is 0.124 e. The number of hydrogen-bond donors (Lipinski definition) is 4. The minimum absolute atomic E-state index is 0. The molecule has 6 aromatic rings. The SMILES string of the molecule is Oc1ccccc1C=NCCN(C(O)C(c1ccccc1)c1ccccc1)C(c1ccccc1O)C(O)C(c1ccccc1)c1ccccc1.[Co]. The van der Waals surface area contributed by atoms with Crippen LogP contribution < -0.4 is 0 Å². The summed E-state index contributed by atoms with van der Waals surface area (Å²) in [5, 5.41) is 47.4. The third kappa shape index (κ3) is 9.02. The van der Waals surface area contributed by atoms with E-state index < -0.39 is 30.2 Å². The Morgan fingerprint density at radius 3 is 1.39 bits per heavy atom. The number of aliphatic hydroxyl groups is 2. The molecule has 6 aromatic carbocycles. The van der Waals surface area contributed by atoms with Gasteiger partial charge in [0.05, 0.1) is 18.7 Å². The summed E-state index contributed by atoms with van der Waals surface area (Å²) in [4.78, 5) is 6.53. The van der Waals surface area contributed by atoms with Crippen LogP contribution in [-0.2, 0) is 16.8 Å². The molecule has 0 heterocycles. The molecule has 1 radical (unpaired) electrons. The van der Waals surface area contributed by atoms with Gasteiger partial charge in [-0.2, -0.15) is 0 Å². The number of benzene rings is 6. The normalized spacial score (nSPS) is 13.3. The predicted molar refractivity (Wildman–Crippen MR) is 200 cm³/mol. The average molecular weight is 722 g/mol. The molecule has 0 bridgehead atoms. The Balaban J connectivity index is 0.00000504. The molecule has 0 saturated carbocycles. The fourth-order valence-electron chi connectivity index (χ4n) is 6.80. The number of para-hydroxylation sites is 2. The largest absolute Gasteiger partial charge is 0.508 e. The molecule has 4 N–H and O–H groups in total. The van der Waals surface area contributed by atoms with E-state index in [2.05, 4.69) is 4.99 Å². The van der Waals surface area contributed by atoms with Crippen LogP contribution in [0.25, 0.3) is 0 Å². The van der Waals surface area contributed by atoms with Crippen LogP contribution >= 0.6 is 0 Å². The predicted octanol–water partition coefficient (Wildman–Crippen LogP) is 7.90. The number of phenolic OH excluding ortho intramolecular Hbond substituents is 2. The first-order valence-electron chi connectivity index (χ1n) is 16.9. The van der Waals surface area contributed by atoms with E-state index in [1.165, 1.54) is 0 Å². The van der Waals surface area contributed by atoms with Crippen molar-refractivity contribution in [1.29, 1.82) is 0 Å². The molecule has 0 aliphatic rings. The van der Waals surface area contributed by atoms with Gasteiger partial charge in [0.2, 0.25) is 0 Å². The van der Waals surface area contributed by atoms with Crippen LogP contribution in [0.5, 0.6) is 11.5 Å². The molecule has 0 aliphatic carbocycles. The summed E-state index contributed by atoms with van der Waals surface area (Å²) in [6, 6.07) is 52.5. The first-order chi connectivity index (χ1) is 24.5. The Bertz CT molecular complexity index is 1870. The zero-order valence-corrected chi connectivity index (χ0v) is 29.1. The van der Waals surface area contributed by atoms with Crippen molar-refractivity contribution in [3.8, 4) is 11.5 Å². The maximum atomic E-state index is 12.8. The van der Waals surface area contributed by atoms with Gasteiger partial charge in [-0.25, -0.2) is 0 Å². The van der Waals surface area contributed by atoms with Crippen molar-refractivity contribution in [2.75, 3.05) is 13.1 Å². The van der Waals surface area contributed by atoms with Gasteiger partial charge < -0.3 is 20.4 Å². The first-order valence-corrected chi connectivity index (χ1v) is 16.9. The van der Waals surface area contributed by atoms with Crippen LogP contribution in [0.1, 0.15) is 51.3 Å². The molecule has 3 atom stereocenters. The molecule has 6 nitrogen and oxygen atoms in total. The van der Waals surface area contributed by atoms with E-state index in [4.69, 9.17) is 0 Å². The van der Waals surface area contributed by atoms with E-state index in [0.29, 0.717) is 11.1 Å². The van der Waals surface area contributed by atoms with Crippen LogP contribution in [-0.4, -0.2) is 57.0 Å². The maximum Gasteiger partial charge on any atom is 0.124 e. The summed E-state index contributed by atoms with van der Waals surface area (Å²) in [5.41, 5.74) is 4.68. The van der Waals surface area contributed by atoms with Gasteiger partial charge in [0.15, 0.2) is 0 Å². The van der Waals surface area contributed by atoms with Crippen LogP contribution in [0.3, 0.4) is 0 Å². The van der Waals surface area contributed by atoms with Crippen molar-refractivity contribution in [2.24, 2.45) is 4.99 Å². The van der Waals surface area contributed by atoms with Gasteiger partial charge in [0.25, 0.3) is 0 Å². The minimum atomic E-state index is -1.16. The van der Waals surface area contributed by atoms with E-state index in [1.54, 1.807) is 42.6 Å². The second-order valence-electron chi connectivity index (χ2n) is 12.3. The van der Waals surface area contributed by atoms with Crippen molar-refractivity contribution in [3.05, 3.63) is 203 Å². The van der Waals surface area contributed by atoms with Gasteiger partial charge in [0.1, 0.15) is 17.7 Å². The van der Waals surface area contributed by atoms with Crippen molar-refractivity contribution in [3.63, 3.8) is 0 Å². The van der Waals surface area contributed by atoms with E-state index in [0.717, 1.165) is 22.3 Å². The molecular formula is C44H42CoN2O4. The molecule has 0 aliphatic heterocycles.